The third kappa shape index (κ3) is 17.4. The van der Waals surface area contributed by atoms with Crippen LogP contribution in [-0.4, -0.2) is 109 Å². The zero-order valence-electron chi connectivity index (χ0n) is 43.7. The third-order valence-corrected chi connectivity index (χ3v) is 12.2. The Morgan fingerprint density at radius 2 is 0.829 bits per heavy atom. The molecule has 6 N–H and O–H groups in total. The van der Waals surface area contributed by atoms with Gasteiger partial charge in [-0.05, 0) is 148 Å². The number of rotatable bonds is 22. The largest absolute Gasteiger partial charge is 0.493 e. The van der Waals surface area contributed by atoms with E-state index in [9.17, 15) is 19.2 Å². The quantitative estimate of drug-likeness (QED) is 0.0351. The molecular weight excluding hydrogens is 965 g/mol. The van der Waals surface area contributed by atoms with Crippen LogP contribution in [0.4, 0.5) is 11.4 Å². The van der Waals surface area contributed by atoms with Crippen molar-refractivity contribution in [2.45, 2.75) is 38.8 Å². The molecular formula is C60H66N6O10. The van der Waals surface area contributed by atoms with E-state index in [4.69, 9.17) is 29.2 Å². The standard InChI is InChI=1S/2C28H31N3O3.C4H4O4/c2*1-31(19-21-12-15-26(33-2)27(17-21)34-3)16-6-7-20-10-13-23(14-11-20)29-28(32)25-18-22-8-4-5-9-24(22)30-25;5-3(6)1-2-4(7)8/h2*4-5,8-15,17-18,30H,6-7,16,19H2,1-3H3,(H,29,32);1-2H,(H,5,6)(H,7,8)/b;;2-1+. The van der Waals surface area contributed by atoms with E-state index in [1.54, 1.807) is 28.4 Å². The summed E-state index contributed by atoms with van der Waals surface area (Å²) in [5.74, 6) is 0.209. The second-order valence-corrected chi connectivity index (χ2v) is 17.9. The number of para-hydroxylation sites is 2. The number of aromatic nitrogens is 2. The molecule has 2 amide bonds. The predicted octanol–water partition coefficient (Wildman–Crippen LogP) is 10.7. The first kappa shape index (κ1) is 56.4. The normalized spacial score (nSPS) is 10.9. The number of carboxylic acid groups (broad SMARTS) is 2. The van der Waals surface area contributed by atoms with E-state index in [0.717, 1.165) is 108 Å². The minimum Gasteiger partial charge on any atom is -0.493 e. The van der Waals surface area contributed by atoms with Gasteiger partial charge in [0.05, 0.1) is 28.4 Å². The van der Waals surface area contributed by atoms with Crippen LogP contribution in [0.15, 0.2) is 158 Å². The molecule has 0 spiro atoms. The van der Waals surface area contributed by atoms with E-state index in [2.05, 4.69) is 80.9 Å². The van der Waals surface area contributed by atoms with Gasteiger partial charge in [-0.15, -0.1) is 0 Å². The molecule has 2 aromatic heterocycles. The number of aromatic amines is 2. The number of aryl methyl sites for hydroxylation is 2. The van der Waals surface area contributed by atoms with Gasteiger partial charge in [0.25, 0.3) is 11.8 Å². The highest BCUT2D eigenvalue weighted by Gasteiger charge is 2.13. The van der Waals surface area contributed by atoms with Gasteiger partial charge in [0.1, 0.15) is 11.4 Å². The molecule has 0 unspecified atom stereocenters. The fourth-order valence-electron chi connectivity index (χ4n) is 8.29. The molecule has 16 nitrogen and oxygen atoms in total. The summed E-state index contributed by atoms with van der Waals surface area (Å²) in [6, 6.07) is 47.7. The minimum absolute atomic E-state index is 0.138. The van der Waals surface area contributed by atoms with Crippen LogP contribution in [0.5, 0.6) is 23.0 Å². The Balaban J connectivity index is 0.000000216. The number of carbonyl (C=O) groups is 4. The second kappa shape index (κ2) is 28.6. The number of fused-ring (bicyclic) bond motifs is 2. The summed E-state index contributed by atoms with van der Waals surface area (Å²) in [6.45, 7) is 3.65. The van der Waals surface area contributed by atoms with Gasteiger partial charge < -0.3 is 59.6 Å². The molecule has 16 heteroatoms. The van der Waals surface area contributed by atoms with E-state index < -0.39 is 11.9 Å². The van der Waals surface area contributed by atoms with Crippen LogP contribution in [0.3, 0.4) is 0 Å². The van der Waals surface area contributed by atoms with Gasteiger partial charge in [0.2, 0.25) is 0 Å². The van der Waals surface area contributed by atoms with E-state index in [1.807, 2.05) is 109 Å². The molecule has 0 bridgehead atoms. The number of aliphatic carboxylic acids is 2. The second-order valence-electron chi connectivity index (χ2n) is 17.9. The van der Waals surface area contributed by atoms with Gasteiger partial charge in [-0.2, -0.15) is 0 Å². The lowest BCUT2D eigenvalue weighted by Gasteiger charge is -2.18. The Bertz CT molecular complexity index is 2920. The van der Waals surface area contributed by atoms with Crippen LogP contribution < -0.4 is 29.6 Å². The number of ether oxygens (including phenoxy) is 4. The van der Waals surface area contributed by atoms with Crippen molar-refractivity contribution in [3.8, 4) is 23.0 Å². The highest BCUT2D eigenvalue weighted by Crippen LogP contribution is 2.29. The first-order valence-corrected chi connectivity index (χ1v) is 24.6. The maximum absolute atomic E-state index is 12.6. The molecule has 0 fully saturated rings. The Kier molecular flexibility index (Phi) is 21.2. The zero-order chi connectivity index (χ0) is 54.4. The number of hydrogen-bond acceptors (Lipinski definition) is 10. The number of carbonyl (C=O) groups excluding carboxylic acids is 2. The number of nitrogens with zero attached hydrogens (tertiary/aromatic N) is 2. The smallest absolute Gasteiger partial charge is 0.328 e. The molecule has 6 aromatic carbocycles. The number of amides is 2. The predicted molar refractivity (Wildman–Crippen MR) is 298 cm³/mol. The Hall–Kier alpha value is -8.86. The van der Waals surface area contributed by atoms with Crippen LogP contribution in [-0.2, 0) is 35.5 Å². The van der Waals surface area contributed by atoms with Crippen molar-refractivity contribution in [3.63, 3.8) is 0 Å². The van der Waals surface area contributed by atoms with Crippen LogP contribution in [0.25, 0.3) is 21.8 Å². The lowest BCUT2D eigenvalue weighted by atomic mass is 10.1. The summed E-state index contributed by atoms with van der Waals surface area (Å²) in [6.07, 6.45) is 5.17. The third-order valence-electron chi connectivity index (χ3n) is 12.2. The number of anilines is 2. The summed E-state index contributed by atoms with van der Waals surface area (Å²) < 4.78 is 21.4. The van der Waals surface area contributed by atoms with E-state index >= 15 is 0 Å². The van der Waals surface area contributed by atoms with Crippen molar-refractivity contribution in [2.24, 2.45) is 0 Å². The summed E-state index contributed by atoms with van der Waals surface area (Å²) in [5.41, 5.74) is 9.50. The molecule has 8 rings (SSSR count). The molecule has 2 heterocycles. The number of H-pyrrole nitrogens is 2. The molecule has 0 radical (unpaired) electrons. The summed E-state index contributed by atoms with van der Waals surface area (Å²) in [4.78, 5) is 55.2. The van der Waals surface area contributed by atoms with Gasteiger partial charge >= 0.3 is 11.9 Å². The van der Waals surface area contributed by atoms with Crippen molar-refractivity contribution in [1.29, 1.82) is 0 Å². The first-order valence-electron chi connectivity index (χ1n) is 24.6. The lowest BCUT2D eigenvalue weighted by molar-refractivity contribution is -0.134. The van der Waals surface area contributed by atoms with E-state index in [1.165, 1.54) is 22.3 Å². The van der Waals surface area contributed by atoms with Crippen molar-refractivity contribution in [3.05, 3.63) is 191 Å². The Labute approximate surface area is 442 Å². The Morgan fingerprint density at radius 3 is 1.17 bits per heavy atom. The molecule has 0 saturated heterocycles. The van der Waals surface area contributed by atoms with E-state index in [-0.39, 0.29) is 11.8 Å². The fourth-order valence-corrected chi connectivity index (χ4v) is 8.29. The van der Waals surface area contributed by atoms with E-state index in [0.29, 0.717) is 23.5 Å². The summed E-state index contributed by atoms with van der Waals surface area (Å²) >= 11 is 0. The van der Waals surface area contributed by atoms with Crippen LogP contribution in [0.1, 0.15) is 56.1 Å². The van der Waals surface area contributed by atoms with Gasteiger partial charge in [-0.3, -0.25) is 9.59 Å². The van der Waals surface area contributed by atoms with Crippen molar-refractivity contribution < 1.29 is 48.3 Å². The molecule has 76 heavy (non-hydrogen) atoms. The number of benzene rings is 6. The highest BCUT2D eigenvalue weighted by atomic mass is 16.5. The molecule has 0 aliphatic carbocycles. The average Bonchev–Trinajstić information content (AvgIpc) is 4.07. The monoisotopic (exact) mass is 1030 g/mol. The molecule has 8 aromatic rings. The van der Waals surface area contributed by atoms with Gasteiger partial charge in [-0.1, -0.05) is 72.8 Å². The van der Waals surface area contributed by atoms with Crippen LogP contribution >= 0.6 is 0 Å². The van der Waals surface area contributed by atoms with Crippen LogP contribution in [0.2, 0.25) is 0 Å². The van der Waals surface area contributed by atoms with Crippen LogP contribution in [0, 0.1) is 0 Å². The number of nitrogens with one attached hydrogen (secondary N) is 4. The summed E-state index contributed by atoms with van der Waals surface area (Å²) in [7, 11) is 10.9. The zero-order valence-corrected chi connectivity index (χ0v) is 43.7. The fraction of sp³-hybridized carbons (Fsp3) is 0.233. The number of methoxy groups -OCH3 is 4. The molecule has 0 atom stereocenters. The van der Waals surface area contributed by atoms with Gasteiger partial charge in [0, 0.05) is 58.4 Å². The first-order chi connectivity index (χ1) is 36.7. The van der Waals surface area contributed by atoms with Gasteiger partial charge in [-0.25, -0.2) is 9.59 Å². The molecule has 396 valence electrons. The van der Waals surface area contributed by atoms with Crippen molar-refractivity contribution in [1.82, 2.24) is 19.8 Å². The van der Waals surface area contributed by atoms with Crippen molar-refractivity contribution >= 4 is 56.9 Å². The summed E-state index contributed by atoms with van der Waals surface area (Å²) in [5, 5.41) is 23.6. The average molecular weight is 1030 g/mol. The molecule has 0 aliphatic heterocycles. The number of carboxylic acids is 2. The van der Waals surface area contributed by atoms with Gasteiger partial charge in [0.15, 0.2) is 23.0 Å². The SMILES string of the molecule is COc1ccc(CN(C)CCCc2ccc(NC(=O)c3cc4ccccc4[nH]3)cc2)cc1OC.COc1ccc(CN(C)CCCc2ccc(NC(=O)c3cc4ccccc4[nH]3)cc2)cc1OC.O=C(O)/C=C/C(=O)O. The highest BCUT2D eigenvalue weighted by molar-refractivity contribution is 6.06. The molecule has 0 saturated carbocycles. The molecule has 0 aliphatic rings. The maximum Gasteiger partial charge on any atom is 0.328 e. The maximum atomic E-state index is 12.6. The topological polar surface area (TPSA) is 208 Å². The number of hydrogen-bond donors (Lipinski definition) is 6. The minimum atomic E-state index is -1.26. The lowest BCUT2D eigenvalue weighted by Crippen LogP contribution is -2.19. The van der Waals surface area contributed by atoms with Crippen molar-refractivity contribution in [2.75, 3.05) is 66.3 Å². The Morgan fingerprint density at radius 1 is 0.474 bits per heavy atom.